The molecule has 2 N–H and O–H groups in total. The van der Waals surface area contributed by atoms with Crippen LogP contribution in [0.3, 0.4) is 0 Å². The van der Waals surface area contributed by atoms with Gasteiger partial charge in [-0.3, -0.25) is 5.43 Å². The Hall–Kier alpha value is -2.19. The molecule has 0 unspecified atom stereocenters. The predicted molar refractivity (Wildman–Crippen MR) is 89.8 cm³/mol. The van der Waals surface area contributed by atoms with E-state index in [1.165, 1.54) is 24.4 Å². The number of hydrogen-bond donors (Lipinski definition) is 2. The first kappa shape index (κ1) is 18.2. The van der Waals surface area contributed by atoms with Crippen molar-refractivity contribution in [2.75, 3.05) is 5.32 Å². The van der Waals surface area contributed by atoms with Crippen LogP contribution in [0.25, 0.3) is 0 Å². The summed E-state index contributed by atoms with van der Waals surface area (Å²) < 4.78 is 51.4. The minimum absolute atomic E-state index is 0.0231. The average molecular weight is 376 g/mol. The number of benzene rings is 2. The summed E-state index contributed by atoms with van der Waals surface area (Å²) in [5.74, 6) is -0.470. The first-order valence-electron chi connectivity index (χ1n) is 6.48. The topological polar surface area (TPSA) is 36.4 Å². The molecule has 0 radical (unpaired) electrons. The Kier molecular flexibility index (Phi) is 5.74. The van der Waals surface area contributed by atoms with Crippen LogP contribution < -0.4 is 10.7 Å². The third-order valence-corrected chi connectivity index (χ3v) is 3.34. The van der Waals surface area contributed by atoms with Crippen molar-refractivity contribution in [2.45, 2.75) is 6.18 Å². The van der Waals surface area contributed by atoms with E-state index in [9.17, 15) is 17.6 Å². The maximum Gasteiger partial charge on any atom is 0.416 e. The molecule has 0 atom stereocenters. The molecule has 0 aliphatic rings. The van der Waals surface area contributed by atoms with E-state index in [4.69, 9.17) is 23.8 Å². The van der Waals surface area contributed by atoms with Gasteiger partial charge in [0.2, 0.25) is 0 Å². The second kappa shape index (κ2) is 7.59. The van der Waals surface area contributed by atoms with Gasteiger partial charge in [-0.1, -0.05) is 29.8 Å². The fraction of sp³-hybridized carbons (Fsp3) is 0.0667. The van der Waals surface area contributed by atoms with Gasteiger partial charge in [-0.15, -0.1) is 0 Å². The Balaban J connectivity index is 2.04. The fourth-order valence-corrected chi connectivity index (χ4v) is 2.02. The Morgan fingerprint density at radius 2 is 1.88 bits per heavy atom. The third-order valence-electron chi connectivity index (χ3n) is 2.82. The van der Waals surface area contributed by atoms with Crippen molar-refractivity contribution in [2.24, 2.45) is 5.10 Å². The zero-order valence-corrected chi connectivity index (χ0v) is 13.4. The molecular weight excluding hydrogens is 366 g/mol. The van der Waals surface area contributed by atoms with E-state index in [1.54, 1.807) is 6.07 Å². The first-order chi connectivity index (χ1) is 11.3. The molecule has 0 saturated heterocycles. The lowest BCUT2D eigenvalue weighted by Crippen LogP contribution is -2.24. The number of nitrogens with one attached hydrogen (secondary N) is 2. The van der Waals surface area contributed by atoms with Crippen molar-refractivity contribution in [3.05, 3.63) is 64.4 Å². The Labute approximate surface area is 145 Å². The van der Waals surface area contributed by atoms with Crippen LogP contribution in [-0.4, -0.2) is 11.3 Å². The third kappa shape index (κ3) is 4.90. The highest BCUT2D eigenvalue weighted by Gasteiger charge is 2.31. The number of rotatable bonds is 3. The molecule has 2 aromatic carbocycles. The highest BCUT2D eigenvalue weighted by Crippen LogP contribution is 2.33. The monoisotopic (exact) mass is 375 g/mol. The number of hydrogen-bond acceptors (Lipinski definition) is 2. The van der Waals surface area contributed by atoms with Gasteiger partial charge in [0, 0.05) is 5.56 Å². The summed E-state index contributed by atoms with van der Waals surface area (Å²) in [5.41, 5.74) is 1.71. The predicted octanol–water partition coefficient (Wildman–Crippen LogP) is 4.82. The lowest BCUT2D eigenvalue weighted by molar-refractivity contribution is -0.137. The van der Waals surface area contributed by atoms with Gasteiger partial charge in [0.1, 0.15) is 5.82 Å². The van der Waals surface area contributed by atoms with Crippen LogP contribution in [0, 0.1) is 5.82 Å². The SMILES string of the molecule is Fc1ccccc1/C=N/NC(=S)Nc1cc(C(F)(F)F)ccc1Cl. The summed E-state index contributed by atoms with van der Waals surface area (Å²) in [6.07, 6.45) is -3.31. The number of hydrazone groups is 1. The lowest BCUT2D eigenvalue weighted by atomic mass is 10.2. The largest absolute Gasteiger partial charge is 0.416 e. The minimum Gasteiger partial charge on any atom is -0.330 e. The van der Waals surface area contributed by atoms with Crippen LogP contribution >= 0.6 is 23.8 Å². The van der Waals surface area contributed by atoms with E-state index in [-0.39, 0.29) is 21.4 Å². The number of nitrogens with zero attached hydrogens (tertiary/aromatic N) is 1. The van der Waals surface area contributed by atoms with Crippen molar-refractivity contribution in [3.8, 4) is 0 Å². The first-order valence-corrected chi connectivity index (χ1v) is 7.27. The van der Waals surface area contributed by atoms with Crippen molar-refractivity contribution in [3.63, 3.8) is 0 Å². The lowest BCUT2D eigenvalue weighted by Gasteiger charge is -2.12. The second-order valence-electron chi connectivity index (χ2n) is 4.54. The van der Waals surface area contributed by atoms with E-state index in [2.05, 4.69) is 15.8 Å². The summed E-state index contributed by atoms with van der Waals surface area (Å²) in [4.78, 5) is 0. The molecule has 0 aromatic heterocycles. The van der Waals surface area contributed by atoms with Crippen molar-refractivity contribution >= 4 is 40.8 Å². The quantitative estimate of drug-likeness (QED) is 0.349. The fourth-order valence-electron chi connectivity index (χ4n) is 1.69. The molecule has 0 spiro atoms. The van der Waals surface area contributed by atoms with E-state index in [1.807, 2.05) is 0 Å². The summed E-state index contributed by atoms with van der Waals surface area (Å²) >= 11 is 10.7. The van der Waals surface area contributed by atoms with Crippen molar-refractivity contribution in [1.82, 2.24) is 5.43 Å². The molecule has 3 nitrogen and oxygen atoms in total. The average Bonchev–Trinajstić information content (AvgIpc) is 2.50. The summed E-state index contributed by atoms with van der Waals surface area (Å²) in [6, 6.07) is 8.72. The van der Waals surface area contributed by atoms with Crippen LogP contribution in [0.1, 0.15) is 11.1 Å². The number of anilines is 1. The number of thiocarbonyl (C=S) groups is 1. The molecule has 0 aliphatic heterocycles. The molecule has 0 bridgehead atoms. The van der Waals surface area contributed by atoms with E-state index in [0.29, 0.717) is 0 Å². The van der Waals surface area contributed by atoms with Gasteiger partial charge in [0.05, 0.1) is 22.5 Å². The van der Waals surface area contributed by atoms with Crippen molar-refractivity contribution in [1.29, 1.82) is 0 Å². The highest BCUT2D eigenvalue weighted by atomic mass is 35.5. The number of halogens is 5. The van der Waals surface area contributed by atoms with Gasteiger partial charge in [-0.05, 0) is 36.5 Å². The zero-order chi connectivity index (χ0) is 17.7. The molecule has 0 aliphatic carbocycles. The zero-order valence-electron chi connectivity index (χ0n) is 11.9. The maximum absolute atomic E-state index is 13.4. The van der Waals surface area contributed by atoms with Gasteiger partial charge >= 0.3 is 6.18 Å². The van der Waals surface area contributed by atoms with E-state index in [0.717, 1.165) is 18.2 Å². The molecule has 2 aromatic rings. The van der Waals surface area contributed by atoms with Gasteiger partial charge in [0.15, 0.2) is 5.11 Å². The molecule has 0 saturated carbocycles. The van der Waals surface area contributed by atoms with Gasteiger partial charge in [0.25, 0.3) is 0 Å². The molecule has 0 fully saturated rings. The highest BCUT2D eigenvalue weighted by molar-refractivity contribution is 7.80. The minimum atomic E-state index is -4.50. The molecule has 126 valence electrons. The molecule has 9 heteroatoms. The Bertz CT molecular complexity index is 778. The maximum atomic E-state index is 13.4. The second-order valence-corrected chi connectivity index (χ2v) is 5.35. The normalized spacial score (nSPS) is 11.5. The smallest absolute Gasteiger partial charge is 0.330 e. The summed E-state index contributed by atoms with van der Waals surface area (Å²) in [5, 5.41) is 6.19. The molecule has 0 amide bonds. The van der Waals surface area contributed by atoms with Crippen LogP contribution in [0.2, 0.25) is 5.02 Å². The van der Waals surface area contributed by atoms with Gasteiger partial charge in [-0.2, -0.15) is 18.3 Å². The molecule has 0 heterocycles. The van der Waals surface area contributed by atoms with E-state index < -0.39 is 17.6 Å². The van der Waals surface area contributed by atoms with Crippen LogP contribution in [0.15, 0.2) is 47.6 Å². The number of alkyl halides is 3. The standard InChI is InChI=1S/C15H10ClF4N3S/c16-11-6-5-10(15(18,19)20)7-13(11)22-14(24)23-21-8-9-3-1-2-4-12(9)17/h1-8H,(H2,22,23,24)/b21-8+. The van der Waals surface area contributed by atoms with Crippen LogP contribution in [0.5, 0.6) is 0 Å². The Morgan fingerprint density at radius 1 is 1.17 bits per heavy atom. The van der Waals surface area contributed by atoms with Gasteiger partial charge in [-0.25, -0.2) is 4.39 Å². The molecule has 24 heavy (non-hydrogen) atoms. The summed E-state index contributed by atoms with van der Waals surface area (Å²) in [6.45, 7) is 0. The molecule has 2 rings (SSSR count). The van der Waals surface area contributed by atoms with Crippen molar-refractivity contribution < 1.29 is 17.6 Å². The summed E-state index contributed by atoms with van der Waals surface area (Å²) in [7, 11) is 0. The van der Waals surface area contributed by atoms with Crippen LogP contribution in [0.4, 0.5) is 23.2 Å². The molecular formula is C15H10ClF4N3S. The van der Waals surface area contributed by atoms with E-state index >= 15 is 0 Å². The van der Waals surface area contributed by atoms with Crippen LogP contribution in [-0.2, 0) is 6.18 Å². The Morgan fingerprint density at radius 3 is 2.54 bits per heavy atom. The van der Waals surface area contributed by atoms with Gasteiger partial charge < -0.3 is 5.32 Å².